The highest BCUT2D eigenvalue weighted by Crippen LogP contribution is 2.32. The molecule has 2 N–H and O–H groups in total. The first-order chi connectivity index (χ1) is 14.7. The van der Waals surface area contributed by atoms with Gasteiger partial charge in [0.25, 0.3) is 0 Å². The Morgan fingerprint density at radius 2 is 2.03 bits per heavy atom. The van der Waals surface area contributed by atoms with Gasteiger partial charge in [-0.2, -0.15) is 0 Å². The second-order valence-corrected chi connectivity index (χ2v) is 8.73. The van der Waals surface area contributed by atoms with E-state index in [2.05, 4.69) is 63.8 Å². The van der Waals surface area contributed by atoms with Gasteiger partial charge in [0, 0.05) is 49.0 Å². The Bertz CT molecular complexity index is 1030. The van der Waals surface area contributed by atoms with Gasteiger partial charge >= 0.3 is 0 Å². The second kappa shape index (κ2) is 8.24. The number of piperazine rings is 1. The van der Waals surface area contributed by atoms with E-state index >= 15 is 0 Å². The molecule has 2 saturated heterocycles. The van der Waals surface area contributed by atoms with Gasteiger partial charge < -0.3 is 15.5 Å². The molecule has 0 amide bonds. The number of hydrogen-bond acceptors (Lipinski definition) is 7. The predicted octanol–water partition coefficient (Wildman–Crippen LogP) is 3.98. The quantitative estimate of drug-likeness (QED) is 0.464. The van der Waals surface area contributed by atoms with Crippen molar-refractivity contribution in [1.82, 2.24) is 20.3 Å². The van der Waals surface area contributed by atoms with Crippen LogP contribution in [0, 0.1) is 0 Å². The topological polar surface area (TPSA) is 66.0 Å². The molecule has 3 aromatic rings. The van der Waals surface area contributed by atoms with Crippen LogP contribution >= 0.6 is 11.8 Å². The van der Waals surface area contributed by atoms with Crippen molar-refractivity contribution >= 4 is 23.4 Å². The molecular weight excluding hydrogens is 392 g/mol. The molecule has 2 fully saturated rings. The number of thioether (sulfide) groups is 1. The highest BCUT2D eigenvalue weighted by atomic mass is 32.2. The van der Waals surface area contributed by atoms with Crippen molar-refractivity contribution < 1.29 is 0 Å². The molecule has 0 radical (unpaired) electrons. The Kier molecular flexibility index (Phi) is 5.31. The Labute approximate surface area is 181 Å². The van der Waals surface area contributed by atoms with Crippen molar-refractivity contribution in [3.05, 3.63) is 60.3 Å². The Morgan fingerprint density at radius 1 is 1.17 bits per heavy atom. The van der Waals surface area contributed by atoms with E-state index in [0.717, 1.165) is 41.1 Å². The number of pyridine rings is 1. The van der Waals surface area contributed by atoms with Crippen LogP contribution in [0.25, 0.3) is 11.3 Å². The van der Waals surface area contributed by atoms with E-state index in [4.69, 9.17) is 9.97 Å². The molecule has 4 heterocycles. The van der Waals surface area contributed by atoms with Crippen molar-refractivity contribution in [3.63, 3.8) is 0 Å². The fraction of sp³-hybridized carbons (Fsp3) is 0.348. The van der Waals surface area contributed by atoms with E-state index in [1.807, 2.05) is 24.6 Å². The summed E-state index contributed by atoms with van der Waals surface area (Å²) in [6, 6.07) is 17.9. The van der Waals surface area contributed by atoms with Crippen LogP contribution in [-0.2, 0) is 0 Å². The maximum atomic E-state index is 4.81. The van der Waals surface area contributed by atoms with Crippen LogP contribution in [-0.4, -0.2) is 46.4 Å². The summed E-state index contributed by atoms with van der Waals surface area (Å²) in [4.78, 5) is 16.6. The van der Waals surface area contributed by atoms with Gasteiger partial charge in [-0.1, -0.05) is 42.1 Å². The van der Waals surface area contributed by atoms with Gasteiger partial charge in [0.15, 0.2) is 5.16 Å². The average molecular weight is 419 g/mol. The molecule has 5 rings (SSSR count). The van der Waals surface area contributed by atoms with Crippen LogP contribution in [0.15, 0.2) is 59.9 Å². The summed E-state index contributed by atoms with van der Waals surface area (Å²) in [6.45, 7) is 4.21. The summed E-state index contributed by atoms with van der Waals surface area (Å²) in [7, 11) is 0. The molecule has 0 aliphatic carbocycles. The lowest BCUT2D eigenvalue weighted by molar-refractivity contribution is 0.574. The summed E-state index contributed by atoms with van der Waals surface area (Å²) in [5.74, 6) is 1.88. The Morgan fingerprint density at radius 3 is 2.77 bits per heavy atom. The third-order valence-electron chi connectivity index (χ3n) is 5.95. The van der Waals surface area contributed by atoms with Crippen LogP contribution < -0.4 is 15.5 Å². The average Bonchev–Trinajstić information content (AvgIpc) is 3.43. The molecule has 6 nitrogen and oxygen atoms in total. The van der Waals surface area contributed by atoms with Crippen LogP contribution in [0.4, 0.5) is 11.6 Å². The maximum absolute atomic E-state index is 4.81. The zero-order valence-electron chi connectivity index (χ0n) is 17.2. The number of nitrogens with zero attached hydrogens (tertiary/aromatic N) is 4. The lowest BCUT2D eigenvalue weighted by atomic mass is 10.1. The molecule has 7 heteroatoms. The molecule has 2 aliphatic heterocycles. The van der Waals surface area contributed by atoms with E-state index in [9.17, 15) is 0 Å². The van der Waals surface area contributed by atoms with Gasteiger partial charge in [-0.15, -0.1) is 0 Å². The smallest absolute Gasteiger partial charge is 0.189 e. The van der Waals surface area contributed by atoms with Crippen LogP contribution in [0.2, 0.25) is 0 Å². The van der Waals surface area contributed by atoms with E-state index in [1.54, 1.807) is 11.8 Å². The number of benzene rings is 1. The zero-order valence-corrected chi connectivity index (χ0v) is 18.1. The van der Waals surface area contributed by atoms with Gasteiger partial charge in [-0.25, -0.2) is 15.0 Å². The minimum Gasteiger partial charge on any atom is -0.364 e. The zero-order chi connectivity index (χ0) is 20.5. The number of aromatic nitrogens is 3. The highest BCUT2D eigenvalue weighted by molar-refractivity contribution is 7.98. The first-order valence-electron chi connectivity index (χ1n) is 10.4. The number of rotatable bonds is 6. The van der Waals surface area contributed by atoms with Crippen LogP contribution in [0.1, 0.15) is 24.9 Å². The second-order valence-electron chi connectivity index (χ2n) is 7.95. The minimum atomic E-state index is 0.171. The van der Waals surface area contributed by atoms with Crippen molar-refractivity contribution in [3.8, 4) is 11.3 Å². The SMILES string of the molecule is CSc1nc(-c2ccnc(N[C@@H](C)c3ccccc3)c2)cc(N2C[C@@H]3C[C@H]2CN3)n1. The van der Waals surface area contributed by atoms with E-state index in [0.29, 0.717) is 12.1 Å². The highest BCUT2D eigenvalue weighted by Gasteiger charge is 2.38. The maximum Gasteiger partial charge on any atom is 0.189 e. The molecule has 30 heavy (non-hydrogen) atoms. The van der Waals surface area contributed by atoms with Gasteiger partial charge in [-0.3, -0.25) is 0 Å². The number of hydrogen-bond donors (Lipinski definition) is 2. The summed E-state index contributed by atoms with van der Waals surface area (Å²) in [5, 5.41) is 7.88. The third-order valence-corrected chi connectivity index (χ3v) is 6.49. The normalized spacial score (nSPS) is 21.1. The fourth-order valence-electron chi connectivity index (χ4n) is 4.36. The first-order valence-corrected chi connectivity index (χ1v) is 11.6. The van der Waals surface area contributed by atoms with E-state index in [1.165, 1.54) is 12.0 Å². The summed E-state index contributed by atoms with van der Waals surface area (Å²) < 4.78 is 0. The monoisotopic (exact) mass is 418 g/mol. The molecule has 0 saturated carbocycles. The largest absolute Gasteiger partial charge is 0.364 e. The van der Waals surface area contributed by atoms with Crippen molar-refractivity contribution in [1.29, 1.82) is 0 Å². The minimum absolute atomic E-state index is 0.171. The Hall–Kier alpha value is -2.64. The summed E-state index contributed by atoms with van der Waals surface area (Å²) in [5.41, 5.74) is 3.23. The number of nitrogens with one attached hydrogen (secondary N) is 2. The molecule has 0 unspecified atom stereocenters. The van der Waals surface area contributed by atoms with Gasteiger partial charge in [0.1, 0.15) is 11.6 Å². The first kappa shape index (κ1) is 19.3. The molecule has 1 aromatic carbocycles. The van der Waals surface area contributed by atoms with Crippen molar-refractivity contribution in [2.75, 3.05) is 29.6 Å². The van der Waals surface area contributed by atoms with E-state index < -0.39 is 0 Å². The van der Waals surface area contributed by atoms with Crippen molar-refractivity contribution in [2.24, 2.45) is 0 Å². The van der Waals surface area contributed by atoms with Gasteiger partial charge in [-0.05, 0) is 37.3 Å². The van der Waals surface area contributed by atoms with Crippen LogP contribution in [0.5, 0.6) is 0 Å². The molecule has 2 aromatic heterocycles. The number of anilines is 2. The predicted molar refractivity (Wildman–Crippen MR) is 123 cm³/mol. The third kappa shape index (κ3) is 3.87. The molecule has 154 valence electrons. The van der Waals surface area contributed by atoms with Crippen LogP contribution in [0.3, 0.4) is 0 Å². The standard InChI is InChI=1S/C23H26N6S/c1-15(16-6-4-3-5-7-16)26-21-10-17(8-9-24-21)20-12-22(28-23(27-20)30-2)29-14-18-11-19(29)13-25-18/h3-10,12,15,18-19,25H,11,13-14H2,1-2H3,(H,24,26)/t15-,18-,19-/m0/s1. The number of fused-ring (bicyclic) bond motifs is 2. The lowest BCUT2D eigenvalue weighted by Gasteiger charge is -2.28. The Balaban J connectivity index is 1.42. The molecule has 2 aliphatic rings. The lowest BCUT2D eigenvalue weighted by Crippen LogP contribution is -2.44. The summed E-state index contributed by atoms with van der Waals surface area (Å²) >= 11 is 1.59. The fourth-order valence-corrected chi connectivity index (χ4v) is 4.73. The van der Waals surface area contributed by atoms with Gasteiger partial charge in [0.2, 0.25) is 0 Å². The van der Waals surface area contributed by atoms with Gasteiger partial charge in [0.05, 0.1) is 5.69 Å². The van der Waals surface area contributed by atoms with E-state index in [-0.39, 0.29) is 6.04 Å². The molecule has 3 atom stereocenters. The molecule has 0 spiro atoms. The van der Waals surface area contributed by atoms with Crippen molar-refractivity contribution in [2.45, 2.75) is 36.6 Å². The molecular formula is C23H26N6S. The molecule has 2 bridgehead atoms. The summed E-state index contributed by atoms with van der Waals surface area (Å²) in [6.07, 6.45) is 5.08.